The molecule has 1 saturated carbocycles. The van der Waals surface area contributed by atoms with Crippen LogP contribution < -0.4 is 0 Å². The molecule has 0 radical (unpaired) electrons. The minimum Gasteiger partial charge on any atom is -0.396 e. The van der Waals surface area contributed by atoms with Gasteiger partial charge in [0.25, 0.3) is 0 Å². The van der Waals surface area contributed by atoms with Crippen molar-refractivity contribution in [2.45, 2.75) is 31.4 Å². The number of ketones is 1. The second kappa shape index (κ2) is 4.87. The Morgan fingerprint density at radius 3 is 3.08 bits per heavy atom. The van der Waals surface area contributed by atoms with Gasteiger partial charge in [0.15, 0.2) is 0 Å². The summed E-state index contributed by atoms with van der Waals surface area (Å²) in [5.41, 5.74) is 0. The molecule has 70 valence electrons. The van der Waals surface area contributed by atoms with Crippen molar-refractivity contribution in [3.05, 3.63) is 0 Å². The van der Waals surface area contributed by atoms with Crippen molar-refractivity contribution in [2.24, 2.45) is 5.92 Å². The highest BCUT2D eigenvalue weighted by molar-refractivity contribution is 7.99. The number of hydrogen-bond acceptors (Lipinski definition) is 3. The Hall–Kier alpha value is -0.0200. The molecule has 1 fully saturated rings. The molecule has 0 aromatic heterocycles. The number of aliphatic hydroxyl groups excluding tert-OH is 1. The predicted molar refractivity (Wildman–Crippen MR) is 51.4 cm³/mol. The molecule has 1 N–H and O–H groups in total. The molecule has 1 aliphatic rings. The number of carbonyl (C=O) groups is 1. The van der Waals surface area contributed by atoms with E-state index < -0.39 is 0 Å². The van der Waals surface area contributed by atoms with Crippen molar-refractivity contribution in [3.8, 4) is 0 Å². The third-order valence-electron chi connectivity index (χ3n) is 2.37. The molecular formula is C9H16O2S. The SMILES string of the molecule is CC1CCC(=O)CC1SCCO. The van der Waals surface area contributed by atoms with Crippen molar-refractivity contribution >= 4 is 17.5 Å². The van der Waals surface area contributed by atoms with Crippen molar-refractivity contribution in [1.82, 2.24) is 0 Å². The molecular weight excluding hydrogens is 172 g/mol. The summed E-state index contributed by atoms with van der Waals surface area (Å²) in [7, 11) is 0. The van der Waals surface area contributed by atoms with Crippen molar-refractivity contribution < 1.29 is 9.90 Å². The lowest BCUT2D eigenvalue weighted by molar-refractivity contribution is -0.120. The third kappa shape index (κ3) is 2.79. The molecule has 0 aliphatic heterocycles. The molecule has 0 saturated heterocycles. The van der Waals surface area contributed by atoms with Crippen LogP contribution in [0.4, 0.5) is 0 Å². The fourth-order valence-electron chi connectivity index (χ4n) is 1.53. The molecule has 0 amide bonds. The van der Waals surface area contributed by atoms with E-state index in [1.807, 2.05) is 0 Å². The maximum atomic E-state index is 11.1. The molecule has 0 spiro atoms. The molecule has 3 heteroatoms. The lowest BCUT2D eigenvalue weighted by Gasteiger charge is -2.26. The van der Waals surface area contributed by atoms with Crippen molar-refractivity contribution in [3.63, 3.8) is 0 Å². The van der Waals surface area contributed by atoms with Gasteiger partial charge in [-0.15, -0.1) is 0 Å². The van der Waals surface area contributed by atoms with Crippen LogP contribution in [0.2, 0.25) is 0 Å². The van der Waals surface area contributed by atoms with E-state index in [1.165, 1.54) is 0 Å². The van der Waals surface area contributed by atoms with Gasteiger partial charge in [-0.2, -0.15) is 11.8 Å². The average Bonchev–Trinajstić information content (AvgIpc) is 2.07. The van der Waals surface area contributed by atoms with Crippen LogP contribution in [0.25, 0.3) is 0 Å². The quantitative estimate of drug-likeness (QED) is 0.728. The second-order valence-electron chi connectivity index (χ2n) is 3.39. The Morgan fingerprint density at radius 1 is 1.67 bits per heavy atom. The van der Waals surface area contributed by atoms with Gasteiger partial charge < -0.3 is 5.11 Å². The third-order valence-corrected chi connectivity index (χ3v) is 3.84. The minimum absolute atomic E-state index is 0.224. The summed E-state index contributed by atoms with van der Waals surface area (Å²) in [6.45, 7) is 2.42. The molecule has 1 rings (SSSR count). The fraction of sp³-hybridized carbons (Fsp3) is 0.889. The van der Waals surface area contributed by atoms with Crippen LogP contribution in [-0.2, 0) is 4.79 Å². The molecule has 2 atom stereocenters. The first kappa shape index (κ1) is 10.1. The zero-order valence-corrected chi connectivity index (χ0v) is 8.27. The van der Waals surface area contributed by atoms with Gasteiger partial charge in [0, 0.05) is 23.8 Å². The Kier molecular flexibility index (Phi) is 4.09. The molecule has 0 heterocycles. The number of aliphatic hydroxyl groups is 1. The molecule has 1 aliphatic carbocycles. The lowest BCUT2D eigenvalue weighted by Crippen LogP contribution is -2.25. The first-order chi connectivity index (χ1) is 5.74. The number of hydrogen-bond donors (Lipinski definition) is 1. The normalized spacial score (nSPS) is 30.7. The largest absolute Gasteiger partial charge is 0.396 e. The summed E-state index contributed by atoms with van der Waals surface area (Å²) in [4.78, 5) is 11.1. The van der Waals surface area contributed by atoms with E-state index in [-0.39, 0.29) is 6.61 Å². The van der Waals surface area contributed by atoms with E-state index in [2.05, 4.69) is 6.92 Å². The number of Topliss-reactive ketones (excluding diaryl/α,β-unsaturated/α-hetero) is 1. The van der Waals surface area contributed by atoms with Crippen LogP contribution in [0.1, 0.15) is 26.2 Å². The van der Waals surface area contributed by atoms with Crippen LogP contribution in [0.15, 0.2) is 0 Å². The van der Waals surface area contributed by atoms with E-state index >= 15 is 0 Å². The van der Waals surface area contributed by atoms with Crippen LogP contribution >= 0.6 is 11.8 Å². The summed E-state index contributed by atoms with van der Waals surface area (Å²) in [5, 5.41) is 9.10. The Labute approximate surface area is 77.7 Å². The van der Waals surface area contributed by atoms with Crippen LogP contribution in [-0.4, -0.2) is 28.5 Å². The zero-order valence-electron chi connectivity index (χ0n) is 7.45. The fourth-order valence-corrected chi connectivity index (χ4v) is 2.71. The van der Waals surface area contributed by atoms with E-state index in [4.69, 9.17) is 5.11 Å². The highest BCUT2D eigenvalue weighted by Crippen LogP contribution is 2.31. The van der Waals surface area contributed by atoms with Gasteiger partial charge in [-0.1, -0.05) is 6.92 Å². The predicted octanol–water partition coefficient (Wildman–Crippen LogP) is 1.47. The van der Waals surface area contributed by atoms with Crippen LogP contribution in [0.5, 0.6) is 0 Å². The van der Waals surface area contributed by atoms with Gasteiger partial charge in [0.05, 0.1) is 6.61 Å². The Bertz CT molecular complexity index is 159. The topological polar surface area (TPSA) is 37.3 Å². The van der Waals surface area contributed by atoms with E-state index in [0.29, 0.717) is 23.4 Å². The van der Waals surface area contributed by atoms with Crippen LogP contribution in [0, 0.1) is 5.92 Å². The van der Waals surface area contributed by atoms with Crippen molar-refractivity contribution in [2.75, 3.05) is 12.4 Å². The number of carbonyl (C=O) groups excluding carboxylic acids is 1. The minimum atomic E-state index is 0.224. The summed E-state index contributed by atoms with van der Waals surface area (Å²) < 4.78 is 0. The first-order valence-electron chi connectivity index (χ1n) is 4.48. The number of rotatable bonds is 3. The molecule has 0 aromatic carbocycles. The summed E-state index contributed by atoms with van der Waals surface area (Å²) in [6, 6.07) is 0. The highest BCUT2D eigenvalue weighted by atomic mass is 32.2. The van der Waals surface area contributed by atoms with Gasteiger partial charge >= 0.3 is 0 Å². The standard InChI is InChI=1S/C9H16O2S/c1-7-2-3-8(11)6-9(7)12-5-4-10/h7,9-10H,2-6H2,1H3. The average molecular weight is 188 g/mol. The lowest BCUT2D eigenvalue weighted by atomic mass is 9.89. The summed E-state index contributed by atoms with van der Waals surface area (Å²) in [5.74, 6) is 1.80. The smallest absolute Gasteiger partial charge is 0.134 e. The van der Waals surface area contributed by atoms with E-state index in [0.717, 1.165) is 18.6 Å². The van der Waals surface area contributed by atoms with E-state index in [1.54, 1.807) is 11.8 Å². The Balaban J connectivity index is 2.33. The molecule has 12 heavy (non-hydrogen) atoms. The maximum Gasteiger partial charge on any atom is 0.134 e. The van der Waals surface area contributed by atoms with Gasteiger partial charge in [-0.25, -0.2) is 0 Å². The molecule has 2 unspecified atom stereocenters. The van der Waals surface area contributed by atoms with Gasteiger partial charge in [0.2, 0.25) is 0 Å². The zero-order chi connectivity index (χ0) is 8.97. The van der Waals surface area contributed by atoms with Gasteiger partial charge in [0.1, 0.15) is 5.78 Å². The second-order valence-corrected chi connectivity index (χ2v) is 4.74. The monoisotopic (exact) mass is 188 g/mol. The molecule has 0 bridgehead atoms. The molecule has 0 aromatic rings. The highest BCUT2D eigenvalue weighted by Gasteiger charge is 2.25. The summed E-state index contributed by atoms with van der Waals surface area (Å²) >= 11 is 1.74. The summed E-state index contributed by atoms with van der Waals surface area (Å²) in [6.07, 6.45) is 2.51. The maximum absolute atomic E-state index is 11.1. The van der Waals surface area contributed by atoms with Crippen molar-refractivity contribution in [1.29, 1.82) is 0 Å². The van der Waals surface area contributed by atoms with Gasteiger partial charge in [-0.3, -0.25) is 4.79 Å². The van der Waals surface area contributed by atoms with E-state index in [9.17, 15) is 4.79 Å². The number of thioether (sulfide) groups is 1. The first-order valence-corrected chi connectivity index (χ1v) is 5.53. The van der Waals surface area contributed by atoms with Crippen LogP contribution in [0.3, 0.4) is 0 Å². The Morgan fingerprint density at radius 2 is 2.42 bits per heavy atom. The molecule has 2 nitrogen and oxygen atoms in total. The van der Waals surface area contributed by atoms with Gasteiger partial charge in [-0.05, 0) is 12.3 Å².